The smallest absolute Gasteiger partial charge is 0.346 e. The molecule has 9 heteroatoms. The van der Waals surface area contributed by atoms with Crippen LogP contribution in [-0.2, 0) is 13.1 Å². The molecule has 33 heavy (non-hydrogen) atoms. The number of aromatic nitrogens is 4. The molecule has 1 N–H and O–H groups in total. The quantitative estimate of drug-likeness (QED) is 0.491. The van der Waals surface area contributed by atoms with Gasteiger partial charge in [0.15, 0.2) is 0 Å². The Morgan fingerprint density at radius 1 is 1.03 bits per heavy atom. The zero-order valence-electron chi connectivity index (χ0n) is 17.7. The van der Waals surface area contributed by atoms with Crippen molar-refractivity contribution < 1.29 is 9.18 Å². The van der Waals surface area contributed by atoms with Crippen LogP contribution in [0.5, 0.6) is 0 Å². The molecule has 0 aliphatic heterocycles. The van der Waals surface area contributed by atoms with E-state index in [0.29, 0.717) is 0 Å². The lowest BCUT2D eigenvalue weighted by atomic mass is 10.1. The Balaban J connectivity index is 1.80. The van der Waals surface area contributed by atoms with Gasteiger partial charge >= 0.3 is 5.69 Å². The zero-order chi connectivity index (χ0) is 23.4. The van der Waals surface area contributed by atoms with Crippen LogP contribution in [0.25, 0.3) is 5.69 Å². The van der Waals surface area contributed by atoms with Crippen molar-refractivity contribution in [1.29, 1.82) is 0 Å². The number of carbonyl (C=O) groups is 1. The Kier molecular flexibility index (Phi) is 6.21. The molecule has 4 aromatic rings. The van der Waals surface area contributed by atoms with E-state index >= 15 is 0 Å². The maximum atomic E-state index is 13.8. The summed E-state index contributed by atoms with van der Waals surface area (Å²) in [6.07, 6.45) is 3.16. The second-order valence-electron chi connectivity index (χ2n) is 7.38. The van der Waals surface area contributed by atoms with Crippen molar-refractivity contribution in [1.82, 2.24) is 24.6 Å². The van der Waals surface area contributed by atoms with E-state index in [4.69, 9.17) is 0 Å². The largest absolute Gasteiger partial charge is 0.352 e. The molecule has 0 spiro atoms. The van der Waals surface area contributed by atoms with Gasteiger partial charge in [0.05, 0.1) is 12.2 Å². The highest BCUT2D eigenvalue weighted by Crippen LogP contribution is 2.09. The van der Waals surface area contributed by atoms with Crippen molar-refractivity contribution in [2.24, 2.45) is 0 Å². The minimum atomic E-state index is -0.830. The van der Waals surface area contributed by atoms with Crippen molar-refractivity contribution in [3.05, 3.63) is 122 Å². The normalized spacial score (nSPS) is 10.7. The number of nitrogens with zero attached hydrogens (tertiary/aromatic N) is 4. The molecule has 0 aliphatic rings. The van der Waals surface area contributed by atoms with Gasteiger partial charge in [-0.25, -0.2) is 9.18 Å². The summed E-state index contributed by atoms with van der Waals surface area (Å²) >= 11 is 0. The molecule has 8 nitrogen and oxygen atoms in total. The van der Waals surface area contributed by atoms with Crippen molar-refractivity contribution in [2.45, 2.75) is 20.0 Å². The second kappa shape index (κ2) is 9.39. The molecular weight excluding hydrogens is 425 g/mol. The average Bonchev–Trinajstić information content (AvgIpc) is 2.82. The molecule has 2 aromatic heterocycles. The summed E-state index contributed by atoms with van der Waals surface area (Å²) in [6.45, 7) is 1.93. The standard InChI is InChI=1S/C24H20FN5O3/c1-16-5-2-3-6-18(16)15-29-23(32)21(22(31)27-14-17-9-11-26-12-10-17)28-30(24(29)33)20-8-4-7-19(25)13-20/h2-13H,14-15H2,1H3,(H,27,31). The molecule has 1 amide bonds. The molecule has 4 rings (SSSR count). The summed E-state index contributed by atoms with van der Waals surface area (Å²) < 4.78 is 15.6. The van der Waals surface area contributed by atoms with E-state index in [2.05, 4.69) is 15.4 Å². The third kappa shape index (κ3) is 4.77. The van der Waals surface area contributed by atoms with Gasteiger partial charge in [0.2, 0.25) is 5.69 Å². The second-order valence-corrected chi connectivity index (χ2v) is 7.38. The number of amides is 1. The van der Waals surface area contributed by atoms with Crippen LogP contribution >= 0.6 is 0 Å². The summed E-state index contributed by atoms with van der Waals surface area (Å²) in [5, 5.41) is 6.64. The number of hydrogen-bond donors (Lipinski definition) is 1. The molecule has 0 atom stereocenters. The van der Waals surface area contributed by atoms with Gasteiger partial charge in [-0.1, -0.05) is 30.3 Å². The van der Waals surface area contributed by atoms with Gasteiger partial charge < -0.3 is 5.32 Å². The molecule has 0 unspecified atom stereocenters. The molecular formula is C24H20FN5O3. The predicted octanol–water partition coefficient (Wildman–Crippen LogP) is 2.22. The Labute approximate surface area is 188 Å². The molecule has 166 valence electrons. The van der Waals surface area contributed by atoms with Gasteiger partial charge in [-0.15, -0.1) is 0 Å². The summed E-state index contributed by atoms with van der Waals surface area (Å²) in [7, 11) is 0. The number of benzene rings is 2. The topological polar surface area (TPSA) is 98.9 Å². The van der Waals surface area contributed by atoms with Crippen LogP contribution in [0.15, 0.2) is 82.6 Å². The van der Waals surface area contributed by atoms with Gasteiger partial charge in [-0.2, -0.15) is 9.78 Å². The van der Waals surface area contributed by atoms with Gasteiger partial charge in [0.25, 0.3) is 11.5 Å². The first-order valence-corrected chi connectivity index (χ1v) is 10.2. The maximum absolute atomic E-state index is 13.8. The minimum absolute atomic E-state index is 0.0627. The van der Waals surface area contributed by atoms with Crippen molar-refractivity contribution in [2.75, 3.05) is 0 Å². The third-order valence-electron chi connectivity index (χ3n) is 5.12. The van der Waals surface area contributed by atoms with Crippen LogP contribution in [0, 0.1) is 12.7 Å². The first kappa shape index (κ1) is 21.8. The minimum Gasteiger partial charge on any atom is -0.346 e. The number of hydrogen-bond acceptors (Lipinski definition) is 5. The fourth-order valence-electron chi connectivity index (χ4n) is 3.30. The van der Waals surface area contributed by atoms with Crippen LogP contribution in [-0.4, -0.2) is 25.2 Å². The molecule has 0 saturated carbocycles. The zero-order valence-corrected chi connectivity index (χ0v) is 17.7. The Bertz CT molecular complexity index is 1430. The molecule has 0 bridgehead atoms. The van der Waals surface area contributed by atoms with Gasteiger partial charge in [0, 0.05) is 18.9 Å². The molecule has 2 aromatic carbocycles. The van der Waals surface area contributed by atoms with Crippen molar-refractivity contribution in [3.8, 4) is 5.69 Å². The van der Waals surface area contributed by atoms with E-state index < -0.39 is 28.7 Å². The van der Waals surface area contributed by atoms with E-state index in [9.17, 15) is 18.8 Å². The number of aryl methyl sites for hydroxylation is 1. The third-order valence-corrected chi connectivity index (χ3v) is 5.12. The molecule has 0 saturated heterocycles. The Morgan fingerprint density at radius 3 is 2.52 bits per heavy atom. The summed E-state index contributed by atoms with van der Waals surface area (Å²) in [4.78, 5) is 43.1. The number of carbonyl (C=O) groups excluding carboxylic acids is 1. The number of pyridine rings is 1. The number of rotatable bonds is 6. The molecule has 0 aliphatic carbocycles. The van der Waals surface area contributed by atoms with Crippen LogP contribution in [0.3, 0.4) is 0 Å². The van der Waals surface area contributed by atoms with Crippen molar-refractivity contribution >= 4 is 5.91 Å². The highest BCUT2D eigenvalue weighted by atomic mass is 19.1. The maximum Gasteiger partial charge on any atom is 0.352 e. The number of halogens is 1. The van der Waals surface area contributed by atoms with Crippen LogP contribution in [0.1, 0.15) is 27.2 Å². The SMILES string of the molecule is Cc1ccccc1Cn1c(=O)c(C(=O)NCc2ccncc2)nn(-c2cccc(F)c2)c1=O. The fraction of sp³-hybridized carbons (Fsp3) is 0.125. The Hall–Kier alpha value is -4.40. The van der Waals surface area contributed by atoms with Crippen molar-refractivity contribution in [3.63, 3.8) is 0 Å². The molecule has 0 radical (unpaired) electrons. The van der Waals surface area contributed by atoms with E-state index in [1.165, 1.54) is 18.2 Å². The monoisotopic (exact) mass is 445 g/mol. The van der Waals surface area contributed by atoms with Gasteiger partial charge in [-0.3, -0.25) is 19.1 Å². The lowest BCUT2D eigenvalue weighted by Crippen LogP contribution is -2.46. The summed E-state index contributed by atoms with van der Waals surface area (Å²) in [5.41, 5.74) is 0.404. The van der Waals surface area contributed by atoms with E-state index in [0.717, 1.165) is 32.0 Å². The van der Waals surface area contributed by atoms with E-state index in [1.54, 1.807) is 36.7 Å². The van der Waals surface area contributed by atoms with E-state index in [1.807, 2.05) is 19.1 Å². The number of nitrogens with one attached hydrogen (secondary N) is 1. The molecule has 0 fully saturated rings. The van der Waals surface area contributed by atoms with Crippen LogP contribution in [0.2, 0.25) is 0 Å². The summed E-state index contributed by atoms with van der Waals surface area (Å²) in [5.74, 6) is -1.33. The average molecular weight is 445 g/mol. The lowest BCUT2D eigenvalue weighted by molar-refractivity contribution is 0.0941. The van der Waals surface area contributed by atoms with Gasteiger partial charge in [-0.05, 0) is 53.9 Å². The van der Waals surface area contributed by atoms with Crippen LogP contribution in [0.4, 0.5) is 4.39 Å². The van der Waals surface area contributed by atoms with E-state index in [-0.39, 0.29) is 18.8 Å². The highest BCUT2D eigenvalue weighted by Gasteiger charge is 2.21. The first-order valence-electron chi connectivity index (χ1n) is 10.2. The van der Waals surface area contributed by atoms with Gasteiger partial charge in [0.1, 0.15) is 5.82 Å². The van der Waals surface area contributed by atoms with Crippen LogP contribution < -0.4 is 16.6 Å². The summed E-state index contributed by atoms with van der Waals surface area (Å²) in [6, 6.07) is 15.9. The lowest BCUT2D eigenvalue weighted by Gasteiger charge is -2.13. The Morgan fingerprint density at radius 2 is 1.79 bits per heavy atom. The highest BCUT2D eigenvalue weighted by molar-refractivity contribution is 5.91. The molecule has 2 heterocycles. The predicted molar refractivity (Wildman–Crippen MR) is 120 cm³/mol. The fourth-order valence-corrected chi connectivity index (χ4v) is 3.30. The first-order chi connectivity index (χ1) is 15.9.